The van der Waals surface area contributed by atoms with E-state index >= 15 is 0 Å². The van der Waals surface area contributed by atoms with Gasteiger partial charge < -0.3 is 10.2 Å². The Morgan fingerprint density at radius 1 is 1.31 bits per heavy atom. The largest absolute Gasteiger partial charge is 0.338 e. The van der Waals surface area contributed by atoms with E-state index in [1.54, 1.807) is 4.90 Å². The first-order valence-electron chi connectivity index (χ1n) is 8.63. The molecule has 0 unspecified atom stereocenters. The van der Waals surface area contributed by atoms with Gasteiger partial charge in [0, 0.05) is 18.2 Å². The highest BCUT2D eigenvalue weighted by molar-refractivity contribution is 6.09. The zero-order valence-electron chi connectivity index (χ0n) is 14.7. The molecule has 140 valence electrons. The fourth-order valence-electron chi connectivity index (χ4n) is 3.60. The summed E-state index contributed by atoms with van der Waals surface area (Å²) >= 11 is 0. The molecule has 26 heavy (non-hydrogen) atoms. The van der Waals surface area contributed by atoms with Gasteiger partial charge in [-0.25, -0.2) is 13.6 Å². The van der Waals surface area contributed by atoms with Crippen LogP contribution in [0.4, 0.5) is 13.6 Å². The van der Waals surface area contributed by atoms with E-state index < -0.39 is 35.7 Å². The number of nitrogens with one attached hydrogen (secondary N) is 1. The van der Waals surface area contributed by atoms with Gasteiger partial charge in [-0.2, -0.15) is 0 Å². The van der Waals surface area contributed by atoms with Crippen LogP contribution in [0.15, 0.2) is 18.2 Å². The standard InChI is InChI=1S/C18H21F2N3O3/c1-11-5-3-4-8-22(11)15(24)10-23-16(25)18(2,21-17(23)26)13-9-12(19)6-7-14(13)20/h6-7,9,11H,3-5,8,10H2,1-2H3,(H,21,26)/t11-,18+/m0/s1. The van der Waals surface area contributed by atoms with Crippen LogP contribution in [0.1, 0.15) is 38.7 Å². The van der Waals surface area contributed by atoms with E-state index in [9.17, 15) is 23.2 Å². The van der Waals surface area contributed by atoms with Gasteiger partial charge in [0.25, 0.3) is 5.91 Å². The minimum atomic E-state index is -1.75. The number of imide groups is 1. The fraction of sp³-hybridized carbons (Fsp3) is 0.500. The van der Waals surface area contributed by atoms with Crippen molar-refractivity contribution in [2.75, 3.05) is 13.1 Å². The van der Waals surface area contributed by atoms with Gasteiger partial charge in [0.15, 0.2) is 0 Å². The number of urea groups is 1. The number of carbonyl (C=O) groups excluding carboxylic acids is 3. The molecular formula is C18H21F2N3O3. The van der Waals surface area contributed by atoms with Gasteiger partial charge in [-0.05, 0) is 51.3 Å². The van der Waals surface area contributed by atoms with Crippen molar-refractivity contribution in [3.8, 4) is 0 Å². The topological polar surface area (TPSA) is 69.7 Å². The molecule has 1 N–H and O–H groups in total. The Morgan fingerprint density at radius 2 is 2.04 bits per heavy atom. The second-order valence-electron chi connectivity index (χ2n) is 7.00. The first kappa shape index (κ1) is 18.3. The van der Waals surface area contributed by atoms with Gasteiger partial charge in [-0.15, -0.1) is 0 Å². The predicted molar refractivity (Wildman–Crippen MR) is 89.0 cm³/mol. The molecule has 2 heterocycles. The van der Waals surface area contributed by atoms with E-state index in [1.165, 1.54) is 6.92 Å². The summed E-state index contributed by atoms with van der Waals surface area (Å²) in [5.74, 6) is -2.63. The minimum absolute atomic E-state index is 0.0454. The predicted octanol–water partition coefficient (Wildman–Crippen LogP) is 2.13. The zero-order valence-corrected chi connectivity index (χ0v) is 14.7. The summed E-state index contributed by atoms with van der Waals surface area (Å²) in [5, 5.41) is 2.39. The normalized spacial score (nSPS) is 26.2. The molecule has 2 fully saturated rings. The van der Waals surface area contributed by atoms with Gasteiger partial charge in [0.1, 0.15) is 23.7 Å². The number of nitrogens with zero attached hydrogens (tertiary/aromatic N) is 2. The van der Waals surface area contributed by atoms with E-state index in [0.29, 0.717) is 6.54 Å². The average Bonchev–Trinajstić information content (AvgIpc) is 2.81. The Kier molecular flexibility index (Phi) is 4.68. The van der Waals surface area contributed by atoms with E-state index in [4.69, 9.17) is 0 Å². The lowest BCUT2D eigenvalue weighted by atomic mass is 9.91. The molecule has 0 bridgehead atoms. The number of benzene rings is 1. The third-order valence-corrected chi connectivity index (χ3v) is 5.16. The zero-order chi connectivity index (χ0) is 19.1. The Labute approximate surface area is 150 Å². The fourth-order valence-corrected chi connectivity index (χ4v) is 3.60. The number of piperidine rings is 1. The van der Waals surface area contributed by atoms with Gasteiger partial charge >= 0.3 is 6.03 Å². The highest BCUT2D eigenvalue weighted by Gasteiger charge is 2.51. The Morgan fingerprint density at radius 3 is 2.73 bits per heavy atom. The molecule has 1 aromatic rings. The van der Waals surface area contributed by atoms with E-state index in [2.05, 4.69) is 5.32 Å². The van der Waals surface area contributed by atoms with Crippen LogP contribution in [0.2, 0.25) is 0 Å². The quantitative estimate of drug-likeness (QED) is 0.835. The van der Waals surface area contributed by atoms with Crippen LogP contribution < -0.4 is 5.32 Å². The molecule has 1 aromatic carbocycles. The first-order chi connectivity index (χ1) is 12.2. The Bertz CT molecular complexity index is 770. The molecule has 0 spiro atoms. The molecule has 8 heteroatoms. The number of hydrogen-bond donors (Lipinski definition) is 1. The van der Waals surface area contributed by atoms with Gasteiger partial charge in [-0.3, -0.25) is 14.5 Å². The van der Waals surface area contributed by atoms with Crippen LogP contribution >= 0.6 is 0 Å². The summed E-state index contributed by atoms with van der Waals surface area (Å²) in [6.45, 7) is 3.40. The third kappa shape index (κ3) is 3.04. The van der Waals surface area contributed by atoms with Crippen molar-refractivity contribution in [2.45, 2.75) is 44.7 Å². The molecule has 2 aliphatic heterocycles. The summed E-state index contributed by atoms with van der Waals surface area (Å²) in [5.41, 5.74) is -2.02. The highest BCUT2D eigenvalue weighted by Crippen LogP contribution is 2.31. The Balaban J connectivity index is 1.82. The van der Waals surface area contributed by atoms with Crippen LogP contribution in [-0.4, -0.2) is 46.8 Å². The minimum Gasteiger partial charge on any atom is -0.338 e. The van der Waals surface area contributed by atoms with Crippen molar-refractivity contribution >= 4 is 17.8 Å². The monoisotopic (exact) mass is 365 g/mol. The van der Waals surface area contributed by atoms with Crippen molar-refractivity contribution in [3.05, 3.63) is 35.4 Å². The molecule has 4 amide bonds. The number of likely N-dealkylation sites (tertiary alicyclic amines) is 1. The maximum atomic E-state index is 14.1. The molecule has 2 atom stereocenters. The lowest BCUT2D eigenvalue weighted by Gasteiger charge is -2.34. The number of hydrogen-bond acceptors (Lipinski definition) is 3. The van der Waals surface area contributed by atoms with Crippen molar-refractivity contribution in [3.63, 3.8) is 0 Å². The van der Waals surface area contributed by atoms with Crippen molar-refractivity contribution in [1.29, 1.82) is 0 Å². The van der Waals surface area contributed by atoms with Crippen LogP contribution in [0.3, 0.4) is 0 Å². The number of rotatable bonds is 3. The van der Waals surface area contributed by atoms with Crippen molar-refractivity contribution in [1.82, 2.24) is 15.1 Å². The second-order valence-corrected chi connectivity index (χ2v) is 7.00. The lowest BCUT2D eigenvalue weighted by Crippen LogP contribution is -2.48. The van der Waals surface area contributed by atoms with E-state index in [1.807, 2.05) is 6.92 Å². The second kappa shape index (κ2) is 6.66. The lowest BCUT2D eigenvalue weighted by molar-refractivity contribution is -0.140. The maximum Gasteiger partial charge on any atom is 0.325 e. The summed E-state index contributed by atoms with van der Waals surface area (Å²) in [6.07, 6.45) is 2.78. The molecule has 0 radical (unpaired) electrons. The number of amides is 4. The van der Waals surface area contributed by atoms with Crippen LogP contribution in [-0.2, 0) is 15.1 Å². The molecule has 2 saturated heterocycles. The SMILES string of the molecule is C[C@H]1CCCCN1C(=O)CN1C(=O)N[C@](C)(c2cc(F)ccc2F)C1=O. The summed E-state index contributed by atoms with van der Waals surface area (Å²) < 4.78 is 27.7. The molecule has 0 saturated carbocycles. The smallest absolute Gasteiger partial charge is 0.325 e. The molecule has 3 rings (SSSR count). The van der Waals surface area contributed by atoms with Crippen molar-refractivity contribution < 1.29 is 23.2 Å². The summed E-state index contributed by atoms with van der Waals surface area (Å²) in [7, 11) is 0. The highest BCUT2D eigenvalue weighted by atomic mass is 19.1. The number of carbonyl (C=O) groups is 3. The average molecular weight is 365 g/mol. The number of halogens is 2. The molecule has 0 aliphatic carbocycles. The molecular weight excluding hydrogens is 344 g/mol. The van der Waals surface area contributed by atoms with E-state index in [0.717, 1.165) is 42.4 Å². The van der Waals surface area contributed by atoms with Gasteiger partial charge in [0.05, 0.1) is 0 Å². The van der Waals surface area contributed by atoms with Crippen molar-refractivity contribution in [2.24, 2.45) is 0 Å². The Hall–Kier alpha value is -2.51. The molecule has 6 nitrogen and oxygen atoms in total. The van der Waals surface area contributed by atoms with Gasteiger partial charge in [-0.1, -0.05) is 0 Å². The molecule has 2 aliphatic rings. The maximum absolute atomic E-state index is 14.1. The summed E-state index contributed by atoms with van der Waals surface area (Å²) in [4.78, 5) is 40.0. The van der Waals surface area contributed by atoms with Gasteiger partial charge in [0.2, 0.25) is 5.91 Å². The molecule has 0 aromatic heterocycles. The van der Waals surface area contributed by atoms with Crippen LogP contribution in [0, 0.1) is 11.6 Å². The van der Waals surface area contributed by atoms with E-state index in [-0.39, 0.29) is 17.5 Å². The van der Waals surface area contributed by atoms with Crippen LogP contribution in [0.5, 0.6) is 0 Å². The third-order valence-electron chi connectivity index (χ3n) is 5.16. The summed E-state index contributed by atoms with van der Waals surface area (Å²) in [6, 6.07) is 1.97. The van der Waals surface area contributed by atoms with Crippen LogP contribution in [0.25, 0.3) is 0 Å². The first-order valence-corrected chi connectivity index (χ1v) is 8.63.